The Morgan fingerprint density at radius 2 is 1.75 bits per heavy atom. The second-order valence-electron chi connectivity index (χ2n) is 5.32. The van der Waals surface area contributed by atoms with E-state index in [2.05, 4.69) is 5.32 Å². The fourth-order valence-electron chi connectivity index (χ4n) is 2.24. The van der Waals surface area contributed by atoms with Crippen molar-refractivity contribution in [3.8, 4) is 0 Å². The molecule has 6 N–H and O–H groups in total. The van der Waals surface area contributed by atoms with Gasteiger partial charge in [0.05, 0.1) is 39.6 Å². The van der Waals surface area contributed by atoms with Crippen LogP contribution in [0.4, 0.5) is 0 Å². The number of hydrogen-bond donors (Lipinski definition) is 5. The maximum absolute atomic E-state index is 11.3. The van der Waals surface area contributed by atoms with E-state index in [-0.39, 0.29) is 13.2 Å². The summed E-state index contributed by atoms with van der Waals surface area (Å²) in [4.78, 5) is 11.3. The lowest BCUT2D eigenvalue weighted by Crippen LogP contribution is -2.64. The van der Waals surface area contributed by atoms with Crippen LogP contribution in [0, 0.1) is 0 Å². The second-order valence-corrected chi connectivity index (χ2v) is 5.32. The van der Waals surface area contributed by atoms with Crippen molar-refractivity contribution >= 4 is 5.91 Å². The topological polar surface area (TPSA) is 153 Å². The van der Waals surface area contributed by atoms with E-state index in [1.54, 1.807) is 0 Å². The maximum atomic E-state index is 11.3. The van der Waals surface area contributed by atoms with Crippen molar-refractivity contribution in [2.45, 2.75) is 37.6 Å². The van der Waals surface area contributed by atoms with Crippen LogP contribution in [0.1, 0.15) is 6.92 Å². The predicted octanol–water partition coefficient (Wildman–Crippen LogP) is -3.06. The minimum Gasteiger partial charge on any atom is -0.394 e. The molecule has 10 heteroatoms. The number of rotatable bonds is 11. The maximum Gasteiger partial charge on any atom is 0.217 e. The smallest absolute Gasteiger partial charge is 0.217 e. The first kappa shape index (κ1) is 21.2. The number of carbonyl (C=O) groups excluding carboxylic acids is 1. The van der Waals surface area contributed by atoms with Crippen LogP contribution >= 0.6 is 0 Å². The van der Waals surface area contributed by atoms with Gasteiger partial charge in [-0.1, -0.05) is 0 Å². The molecule has 1 amide bonds. The molecule has 0 saturated carbocycles. The van der Waals surface area contributed by atoms with Crippen LogP contribution in [0.25, 0.3) is 0 Å². The van der Waals surface area contributed by atoms with E-state index in [4.69, 9.17) is 24.7 Å². The highest BCUT2D eigenvalue weighted by molar-refractivity contribution is 5.73. The Morgan fingerprint density at radius 1 is 1.12 bits per heavy atom. The summed E-state index contributed by atoms with van der Waals surface area (Å²) in [5.74, 6) is -0.404. The largest absolute Gasteiger partial charge is 0.394 e. The molecule has 0 aromatic heterocycles. The van der Waals surface area contributed by atoms with Crippen LogP contribution in [0.5, 0.6) is 0 Å². The third-order valence-electron chi connectivity index (χ3n) is 3.39. The van der Waals surface area contributed by atoms with Crippen LogP contribution in [0.2, 0.25) is 0 Å². The van der Waals surface area contributed by atoms with E-state index in [0.29, 0.717) is 26.4 Å². The number of amides is 1. The molecule has 5 atom stereocenters. The summed E-state index contributed by atoms with van der Waals surface area (Å²) in [5, 5.41) is 31.6. The van der Waals surface area contributed by atoms with Crippen LogP contribution in [0.3, 0.4) is 0 Å². The Labute approximate surface area is 140 Å². The van der Waals surface area contributed by atoms with Gasteiger partial charge in [0.1, 0.15) is 24.4 Å². The fraction of sp³-hybridized carbons (Fsp3) is 0.929. The molecule has 1 fully saturated rings. The summed E-state index contributed by atoms with van der Waals surface area (Å²) in [7, 11) is 0. The molecule has 0 bridgehead atoms. The van der Waals surface area contributed by atoms with Crippen molar-refractivity contribution in [3.05, 3.63) is 0 Å². The molecule has 0 aromatic rings. The number of aliphatic hydroxyl groups excluding tert-OH is 3. The highest BCUT2D eigenvalue weighted by atomic mass is 16.7. The number of nitrogens with one attached hydrogen (secondary N) is 1. The van der Waals surface area contributed by atoms with Crippen molar-refractivity contribution in [3.63, 3.8) is 0 Å². The van der Waals surface area contributed by atoms with Crippen LogP contribution < -0.4 is 11.1 Å². The number of hydrogen-bond acceptors (Lipinski definition) is 9. The zero-order valence-electron chi connectivity index (χ0n) is 13.8. The van der Waals surface area contributed by atoms with Gasteiger partial charge in [0.15, 0.2) is 6.29 Å². The lowest BCUT2D eigenvalue weighted by molar-refractivity contribution is -0.272. The monoisotopic (exact) mass is 352 g/mol. The zero-order chi connectivity index (χ0) is 17.9. The van der Waals surface area contributed by atoms with E-state index < -0.39 is 43.2 Å². The van der Waals surface area contributed by atoms with Gasteiger partial charge in [-0.3, -0.25) is 4.79 Å². The fourth-order valence-corrected chi connectivity index (χ4v) is 2.24. The van der Waals surface area contributed by atoms with Crippen molar-refractivity contribution < 1.29 is 39.1 Å². The average molecular weight is 352 g/mol. The van der Waals surface area contributed by atoms with Crippen molar-refractivity contribution in [2.75, 3.05) is 46.2 Å². The molecule has 0 radical (unpaired) electrons. The predicted molar refractivity (Wildman–Crippen MR) is 82.0 cm³/mol. The highest BCUT2D eigenvalue weighted by Gasteiger charge is 2.45. The Morgan fingerprint density at radius 3 is 2.33 bits per heavy atom. The minimum absolute atomic E-state index is 0.138. The van der Waals surface area contributed by atoms with Crippen molar-refractivity contribution in [1.82, 2.24) is 5.32 Å². The third kappa shape index (κ3) is 6.95. The summed E-state index contributed by atoms with van der Waals surface area (Å²) < 4.78 is 21.3. The molecule has 1 heterocycles. The molecule has 0 aliphatic carbocycles. The van der Waals surface area contributed by atoms with E-state index in [0.717, 1.165) is 0 Å². The molecule has 142 valence electrons. The molecule has 0 spiro atoms. The molecule has 0 aromatic carbocycles. The lowest BCUT2D eigenvalue weighted by atomic mass is 9.97. The van der Waals surface area contributed by atoms with E-state index in [1.807, 2.05) is 0 Å². The zero-order valence-corrected chi connectivity index (χ0v) is 13.8. The second kappa shape index (κ2) is 11.7. The molecule has 1 saturated heterocycles. The standard InChI is InChI=1S/C14H28N2O8/c1-9(18)16-11-13(20)12(19)10(8-17)24-14(11)23-7-6-22-5-4-21-3-2-15/h10-14,17,19-20H,2-8,15H2,1H3,(H,16,18)/t10-,11-,12+,13-,14-/m1/s1. The SMILES string of the molecule is CC(=O)N[C@H]1[C@H](OCCOCCOCCN)O[C@H](CO)[C@H](O)[C@@H]1O. The quantitative estimate of drug-likeness (QED) is 0.244. The molecule has 24 heavy (non-hydrogen) atoms. The van der Waals surface area contributed by atoms with Gasteiger partial charge in [-0.2, -0.15) is 0 Å². The molecule has 1 aliphatic heterocycles. The highest BCUT2D eigenvalue weighted by Crippen LogP contribution is 2.22. The van der Waals surface area contributed by atoms with E-state index in [9.17, 15) is 20.1 Å². The average Bonchev–Trinajstić information content (AvgIpc) is 2.55. The van der Waals surface area contributed by atoms with Gasteiger partial charge < -0.3 is 45.3 Å². The Bertz CT molecular complexity index is 360. The van der Waals surface area contributed by atoms with Crippen LogP contribution in [0.15, 0.2) is 0 Å². The van der Waals surface area contributed by atoms with Crippen molar-refractivity contribution in [2.24, 2.45) is 5.73 Å². The van der Waals surface area contributed by atoms with E-state index >= 15 is 0 Å². The van der Waals surface area contributed by atoms with Gasteiger partial charge in [0.25, 0.3) is 0 Å². The van der Waals surface area contributed by atoms with Gasteiger partial charge in [-0.05, 0) is 0 Å². The number of carbonyl (C=O) groups is 1. The summed E-state index contributed by atoms with van der Waals surface area (Å²) >= 11 is 0. The van der Waals surface area contributed by atoms with Gasteiger partial charge in [-0.25, -0.2) is 0 Å². The Balaban J connectivity index is 2.39. The summed E-state index contributed by atoms with van der Waals surface area (Å²) in [5.41, 5.74) is 5.28. The van der Waals surface area contributed by atoms with Crippen LogP contribution in [-0.4, -0.2) is 98.1 Å². The number of ether oxygens (including phenoxy) is 4. The molecular weight excluding hydrogens is 324 g/mol. The first-order valence-corrected chi connectivity index (χ1v) is 7.88. The minimum atomic E-state index is -1.33. The Kier molecular flexibility index (Phi) is 10.3. The summed E-state index contributed by atoms with van der Waals surface area (Å²) in [6, 6.07) is -0.951. The van der Waals surface area contributed by atoms with Gasteiger partial charge in [0, 0.05) is 13.5 Å². The number of nitrogens with two attached hydrogens (primary N) is 1. The van der Waals surface area contributed by atoms with Gasteiger partial charge >= 0.3 is 0 Å². The molecule has 0 unspecified atom stereocenters. The molecule has 1 rings (SSSR count). The van der Waals surface area contributed by atoms with Gasteiger partial charge in [-0.15, -0.1) is 0 Å². The molecular formula is C14H28N2O8. The lowest BCUT2D eigenvalue weighted by Gasteiger charge is -2.42. The molecule has 1 aliphatic rings. The number of aliphatic hydroxyl groups is 3. The summed E-state index contributed by atoms with van der Waals surface area (Å²) in [6.45, 7) is 2.90. The third-order valence-corrected chi connectivity index (χ3v) is 3.39. The Hall–Kier alpha value is -0.850. The van der Waals surface area contributed by atoms with E-state index in [1.165, 1.54) is 6.92 Å². The summed E-state index contributed by atoms with van der Waals surface area (Å²) in [6.07, 6.45) is -4.67. The van der Waals surface area contributed by atoms with Crippen LogP contribution in [-0.2, 0) is 23.7 Å². The normalized spacial score (nSPS) is 30.3. The van der Waals surface area contributed by atoms with Crippen molar-refractivity contribution in [1.29, 1.82) is 0 Å². The molecule has 10 nitrogen and oxygen atoms in total. The van der Waals surface area contributed by atoms with Gasteiger partial charge in [0.2, 0.25) is 5.91 Å². The first-order chi connectivity index (χ1) is 11.5. The first-order valence-electron chi connectivity index (χ1n) is 7.88.